The lowest BCUT2D eigenvalue weighted by atomic mass is 10.0. The van der Waals surface area contributed by atoms with Crippen molar-refractivity contribution in [1.29, 1.82) is 0 Å². The molecule has 0 aliphatic carbocycles. The number of hydrogen-bond donors (Lipinski definition) is 1. The van der Waals surface area contributed by atoms with Gasteiger partial charge in [0.25, 0.3) is 0 Å². The standard InChI is InChI=1S/C16H23ClN2O2/c17-14-3-4-16-13(10-14)2-1-5-19(16)12-15(20)11-18-6-8-21-9-7-18/h3-4,10,15,20H,1-2,5-9,11-12H2. The molecule has 21 heavy (non-hydrogen) atoms. The molecule has 0 amide bonds. The summed E-state index contributed by atoms with van der Waals surface area (Å²) < 4.78 is 5.34. The van der Waals surface area contributed by atoms with Gasteiger partial charge in [0.2, 0.25) is 0 Å². The van der Waals surface area contributed by atoms with Crippen molar-refractivity contribution in [1.82, 2.24) is 4.90 Å². The Morgan fingerprint density at radius 2 is 2.00 bits per heavy atom. The third-order valence-electron chi connectivity index (χ3n) is 4.26. The van der Waals surface area contributed by atoms with E-state index in [0.717, 1.165) is 57.3 Å². The molecule has 5 heteroatoms. The molecule has 116 valence electrons. The summed E-state index contributed by atoms with van der Waals surface area (Å²) >= 11 is 6.07. The van der Waals surface area contributed by atoms with Gasteiger partial charge in [-0.3, -0.25) is 4.90 Å². The second-order valence-corrected chi connectivity index (χ2v) is 6.33. The average Bonchev–Trinajstić information content (AvgIpc) is 2.48. The largest absolute Gasteiger partial charge is 0.390 e. The van der Waals surface area contributed by atoms with E-state index in [0.29, 0.717) is 6.54 Å². The number of halogens is 1. The van der Waals surface area contributed by atoms with Gasteiger partial charge >= 0.3 is 0 Å². The van der Waals surface area contributed by atoms with Crippen LogP contribution >= 0.6 is 11.6 Å². The van der Waals surface area contributed by atoms with Gasteiger partial charge in [-0.2, -0.15) is 0 Å². The minimum Gasteiger partial charge on any atom is -0.390 e. The van der Waals surface area contributed by atoms with Crippen LogP contribution in [0, 0.1) is 0 Å². The molecule has 2 aliphatic heterocycles. The maximum Gasteiger partial charge on any atom is 0.0841 e. The highest BCUT2D eigenvalue weighted by Gasteiger charge is 2.21. The van der Waals surface area contributed by atoms with Crippen LogP contribution in [0.5, 0.6) is 0 Å². The molecular weight excluding hydrogens is 288 g/mol. The topological polar surface area (TPSA) is 35.9 Å². The van der Waals surface area contributed by atoms with Crippen LogP contribution < -0.4 is 4.90 Å². The second kappa shape index (κ2) is 6.97. The summed E-state index contributed by atoms with van der Waals surface area (Å²) in [5, 5.41) is 11.2. The molecule has 1 unspecified atom stereocenters. The van der Waals surface area contributed by atoms with Crippen LogP contribution in [0.15, 0.2) is 18.2 Å². The van der Waals surface area contributed by atoms with Crippen LogP contribution in [0.3, 0.4) is 0 Å². The van der Waals surface area contributed by atoms with Crippen molar-refractivity contribution in [3.05, 3.63) is 28.8 Å². The monoisotopic (exact) mass is 310 g/mol. The van der Waals surface area contributed by atoms with E-state index >= 15 is 0 Å². The number of rotatable bonds is 4. The van der Waals surface area contributed by atoms with Crippen molar-refractivity contribution in [2.45, 2.75) is 18.9 Å². The molecule has 3 rings (SSSR count). The van der Waals surface area contributed by atoms with Crippen molar-refractivity contribution in [2.75, 3.05) is 50.8 Å². The van der Waals surface area contributed by atoms with Crippen LogP contribution in [0.25, 0.3) is 0 Å². The SMILES string of the molecule is OC(CN1CCOCC1)CN1CCCc2cc(Cl)ccc21. The van der Waals surface area contributed by atoms with Crippen LogP contribution in [0.4, 0.5) is 5.69 Å². The normalized spacial score (nSPS) is 21.1. The van der Waals surface area contributed by atoms with E-state index in [4.69, 9.17) is 16.3 Å². The lowest BCUT2D eigenvalue weighted by Crippen LogP contribution is -2.45. The fourth-order valence-electron chi connectivity index (χ4n) is 3.23. The van der Waals surface area contributed by atoms with E-state index in [9.17, 15) is 5.11 Å². The molecule has 1 atom stereocenters. The molecule has 0 aromatic heterocycles. The van der Waals surface area contributed by atoms with Gasteiger partial charge < -0.3 is 14.7 Å². The summed E-state index contributed by atoms with van der Waals surface area (Å²) in [5.41, 5.74) is 2.53. The number of aliphatic hydroxyl groups is 1. The molecule has 1 aromatic rings. The van der Waals surface area contributed by atoms with Crippen LogP contribution in [-0.4, -0.2) is 62.0 Å². The van der Waals surface area contributed by atoms with Crippen LogP contribution in [0.1, 0.15) is 12.0 Å². The fourth-order valence-corrected chi connectivity index (χ4v) is 3.42. The van der Waals surface area contributed by atoms with E-state index in [2.05, 4.69) is 21.9 Å². The number of ether oxygens (including phenoxy) is 1. The third kappa shape index (κ3) is 3.89. The Hall–Kier alpha value is -0.810. The Kier molecular flexibility index (Phi) is 5.01. The molecule has 1 fully saturated rings. The molecule has 4 nitrogen and oxygen atoms in total. The first-order valence-electron chi connectivity index (χ1n) is 7.74. The van der Waals surface area contributed by atoms with Gasteiger partial charge in [-0.05, 0) is 36.6 Å². The number of aryl methyl sites for hydroxylation is 1. The van der Waals surface area contributed by atoms with Crippen molar-refractivity contribution < 1.29 is 9.84 Å². The summed E-state index contributed by atoms with van der Waals surface area (Å²) in [6.07, 6.45) is 1.87. The number of benzene rings is 1. The van der Waals surface area contributed by atoms with Gasteiger partial charge in [0, 0.05) is 43.4 Å². The first-order chi connectivity index (χ1) is 10.2. The maximum atomic E-state index is 10.4. The predicted octanol–water partition coefficient (Wildman–Crippen LogP) is 1.79. The molecule has 0 radical (unpaired) electrons. The Bertz CT molecular complexity index is 477. The van der Waals surface area contributed by atoms with Gasteiger partial charge in [-0.1, -0.05) is 11.6 Å². The van der Waals surface area contributed by atoms with Gasteiger partial charge in [0.15, 0.2) is 0 Å². The molecule has 2 heterocycles. The Labute approximate surface area is 131 Å². The molecular formula is C16H23ClN2O2. The van der Waals surface area contributed by atoms with Crippen molar-refractivity contribution >= 4 is 17.3 Å². The van der Waals surface area contributed by atoms with Crippen LogP contribution in [0.2, 0.25) is 5.02 Å². The number of fused-ring (bicyclic) bond motifs is 1. The number of morpholine rings is 1. The molecule has 1 saturated heterocycles. The van der Waals surface area contributed by atoms with E-state index < -0.39 is 0 Å². The quantitative estimate of drug-likeness (QED) is 0.920. The highest BCUT2D eigenvalue weighted by atomic mass is 35.5. The lowest BCUT2D eigenvalue weighted by molar-refractivity contribution is 0.0160. The average molecular weight is 311 g/mol. The Balaban J connectivity index is 1.60. The molecule has 1 N–H and O–H groups in total. The summed E-state index contributed by atoms with van der Waals surface area (Å²) in [6, 6.07) is 6.07. The number of β-amino-alcohol motifs (C(OH)–C–C–N with tert-alkyl or cyclic N) is 1. The molecule has 0 spiro atoms. The fraction of sp³-hybridized carbons (Fsp3) is 0.625. The minimum atomic E-state index is -0.329. The summed E-state index contributed by atoms with van der Waals surface area (Å²) in [7, 11) is 0. The number of hydrogen-bond acceptors (Lipinski definition) is 4. The minimum absolute atomic E-state index is 0.329. The number of nitrogens with zero attached hydrogens (tertiary/aromatic N) is 2. The smallest absolute Gasteiger partial charge is 0.0841 e. The van der Waals surface area contributed by atoms with E-state index in [1.807, 2.05) is 6.07 Å². The number of aliphatic hydroxyl groups excluding tert-OH is 1. The molecule has 1 aromatic carbocycles. The van der Waals surface area contributed by atoms with E-state index in [1.165, 1.54) is 11.3 Å². The Morgan fingerprint density at radius 3 is 2.81 bits per heavy atom. The zero-order chi connectivity index (χ0) is 14.7. The van der Waals surface area contributed by atoms with Gasteiger partial charge in [-0.15, -0.1) is 0 Å². The molecule has 0 bridgehead atoms. The van der Waals surface area contributed by atoms with Gasteiger partial charge in [0.1, 0.15) is 0 Å². The van der Waals surface area contributed by atoms with Gasteiger partial charge in [0.05, 0.1) is 19.3 Å². The summed E-state index contributed by atoms with van der Waals surface area (Å²) in [4.78, 5) is 4.57. The summed E-state index contributed by atoms with van der Waals surface area (Å²) in [6.45, 7) is 5.81. The third-order valence-corrected chi connectivity index (χ3v) is 4.50. The Morgan fingerprint density at radius 1 is 1.19 bits per heavy atom. The second-order valence-electron chi connectivity index (χ2n) is 5.89. The zero-order valence-electron chi connectivity index (χ0n) is 12.3. The van der Waals surface area contributed by atoms with Crippen LogP contribution in [-0.2, 0) is 11.2 Å². The van der Waals surface area contributed by atoms with Crippen molar-refractivity contribution in [2.24, 2.45) is 0 Å². The molecule has 2 aliphatic rings. The number of anilines is 1. The first kappa shape index (κ1) is 15.1. The predicted molar refractivity (Wildman–Crippen MR) is 85.3 cm³/mol. The van der Waals surface area contributed by atoms with E-state index in [-0.39, 0.29) is 6.10 Å². The van der Waals surface area contributed by atoms with Gasteiger partial charge in [-0.25, -0.2) is 0 Å². The van der Waals surface area contributed by atoms with Crippen molar-refractivity contribution in [3.63, 3.8) is 0 Å². The first-order valence-corrected chi connectivity index (χ1v) is 8.12. The zero-order valence-corrected chi connectivity index (χ0v) is 13.1. The highest BCUT2D eigenvalue weighted by molar-refractivity contribution is 6.30. The maximum absolute atomic E-state index is 10.4. The van der Waals surface area contributed by atoms with E-state index in [1.54, 1.807) is 0 Å². The summed E-state index contributed by atoms with van der Waals surface area (Å²) in [5.74, 6) is 0. The van der Waals surface area contributed by atoms with Crippen molar-refractivity contribution in [3.8, 4) is 0 Å². The highest BCUT2D eigenvalue weighted by Crippen LogP contribution is 2.29. The lowest BCUT2D eigenvalue weighted by Gasteiger charge is -2.35. The molecule has 0 saturated carbocycles.